The summed E-state index contributed by atoms with van der Waals surface area (Å²) >= 11 is 0. The molecule has 0 aliphatic heterocycles. The van der Waals surface area contributed by atoms with Gasteiger partial charge < -0.3 is 4.74 Å². The summed E-state index contributed by atoms with van der Waals surface area (Å²) in [5.74, 6) is -4.32. The maximum atomic E-state index is 12.4. The van der Waals surface area contributed by atoms with Crippen LogP contribution >= 0.6 is 0 Å². The summed E-state index contributed by atoms with van der Waals surface area (Å²) in [6.07, 6.45) is 0. The van der Waals surface area contributed by atoms with E-state index in [1.165, 1.54) is 0 Å². The number of esters is 1. The first-order chi connectivity index (χ1) is 9.60. The Morgan fingerprint density at radius 2 is 1.23 bits per heavy atom. The van der Waals surface area contributed by atoms with Crippen LogP contribution in [0.25, 0.3) is 0 Å². The summed E-state index contributed by atoms with van der Waals surface area (Å²) in [5, 5.41) is -6.14. The Hall–Kier alpha value is -1.05. The highest BCUT2D eigenvalue weighted by molar-refractivity contribution is 7.98. The summed E-state index contributed by atoms with van der Waals surface area (Å²) < 4.78 is 123. The topological polar surface area (TPSA) is 94.6 Å². The SMILES string of the molecule is CCOC(=O)C1C(S(=O)(=O)C(F)(F)F)C1S(=O)(=O)C(F)(F)F. The van der Waals surface area contributed by atoms with Gasteiger partial charge in [-0.15, -0.1) is 0 Å². The number of rotatable bonds is 4. The molecule has 1 rings (SSSR count). The van der Waals surface area contributed by atoms with Crippen molar-refractivity contribution in [2.45, 2.75) is 28.4 Å². The number of carbonyl (C=O) groups excluding carboxylic acids is 1. The van der Waals surface area contributed by atoms with Crippen LogP contribution in [0.2, 0.25) is 0 Å². The van der Waals surface area contributed by atoms with E-state index in [-0.39, 0.29) is 0 Å². The van der Waals surface area contributed by atoms with Crippen LogP contribution in [0, 0.1) is 5.92 Å². The lowest BCUT2D eigenvalue weighted by atomic mass is 10.4. The Morgan fingerprint density at radius 3 is 1.45 bits per heavy atom. The molecule has 130 valence electrons. The lowest BCUT2D eigenvalue weighted by Gasteiger charge is -2.09. The Labute approximate surface area is 120 Å². The third kappa shape index (κ3) is 2.89. The Bertz CT molecular complexity index is 610. The van der Waals surface area contributed by atoms with Gasteiger partial charge in [-0.1, -0.05) is 0 Å². The van der Waals surface area contributed by atoms with Gasteiger partial charge in [-0.05, 0) is 6.92 Å². The fourth-order valence-electron chi connectivity index (χ4n) is 1.81. The lowest BCUT2D eigenvalue weighted by molar-refractivity contribution is -0.144. The molecule has 0 aromatic carbocycles. The van der Waals surface area contributed by atoms with Gasteiger partial charge in [-0.25, -0.2) is 16.8 Å². The average molecular weight is 378 g/mol. The fourth-order valence-corrected chi connectivity index (χ4v) is 5.60. The van der Waals surface area contributed by atoms with E-state index >= 15 is 0 Å². The normalized spacial score (nSPS) is 26.6. The van der Waals surface area contributed by atoms with Gasteiger partial charge in [0, 0.05) is 0 Å². The molecule has 0 heterocycles. The minimum absolute atomic E-state index is 0.479. The van der Waals surface area contributed by atoms with E-state index in [4.69, 9.17) is 0 Å². The zero-order chi connectivity index (χ0) is 17.7. The predicted molar refractivity (Wildman–Crippen MR) is 57.6 cm³/mol. The second-order valence-corrected chi connectivity index (χ2v) is 8.38. The number of hydrogen-bond acceptors (Lipinski definition) is 6. The summed E-state index contributed by atoms with van der Waals surface area (Å²) in [6, 6.07) is 0. The third-order valence-corrected chi connectivity index (χ3v) is 6.88. The average Bonchev–Trinajstić information content (AvgIpc) is 3.02. The highest BCUT2D eigenvalue weighted by Gasteiger charge is 2.77. The molecule has 0 saturated heterocycles. The minimum Gasteiger partial charge on any atom is -0.466 e. The van der Waals surface area contributed by atoms with Gasteiger partial charge in [0.2, 0.25) is 0 Å². The van der Waals surface area contributed by atoms with E-state index in [0.29, 0.717) is 0 Å². The number of sulfone groups is 2. The van der Waals surface area contributed by atoms with Crippen molar-refractivity contribution in [2.75, 3.05) is 6.61 Å². The lowest BCUT2D eigenvalue weighted by Crippen LogP contribution is -2.34. The minimum atomic E-state index is -6.29. The van der Waals surface area contributed by atoms with E-state index < -0.39 is 59.7 Å². The molecule has 2 atom stereocenters. The maximum Gasteiger partial charge on any atom is 0.497 e. The van der Waals surface area contributed by atoms with Gasteiger partial charge in [-0.2, -0.15) is 26.3 Å². The molecule has 0 aromatic rings. The largest absolute Gasteiger partial charge is 0.497 e. The maximum absolute atomic E-state index is 12.4. The molecule has 1 fully saturated rings. The van der Waals surface area contributed by atoms with E-state index in [0.717, 1.165) is 6.92 Å². The Morgan fingerprint density at radius 1 is 0.909 bits per heavy atom. The van der Waals surface area contributed by atoms with Crippen LogP contribution in [-0.2, 0) is 29.2 Å². The molecular weight excluding hydrogens is 370 g/mol. The van der Waals surface area contributed by atoms with E-state index in [9.17, 15) is 48.0 Å². The number of ether oxygens (including phenoxy) is 1. The molecule has 0 amide bonds. The van der Waals surface area contributed by atoms with E-state index in [1.807, 2.05) is 0 Å². The molecule has 22 heavy (non-hydrogen) atoms. The summed E-state index contributed by atoms with van der Waals surface area (Å²) in [5.41, 5.74) is -12.0. The molecule has 1 aliphatic rings. The van der Waals surface area contributed by atoms with Gasteiger partial charge in [0.15, 0.2) is 0 Å². The smallest absolute Gasteiger partial charge is 0.466 e. The first kappa shape index (κ1) is 19.0. The van der Waals surface area contributed by atoms with Crippen LogP contribution in [0.3, 0.4) is 0 Å². The molecule has 1 saturated carbocycles. The third-order valence-electron chi connectivity index (χ3n) is 2.81. The molecular formula is C8H8F6O6S2. The van der Waals surface area contributed by atoms with Crippen LogP contribution in [0.5, 0.6) is 0 Å². The fraction of sp³-hybridized carbons (Fsp3) is 0.875. The van der Waals surface area contributed by atoms with Crippen LogP contribution in [0.4, 0.5) is 26.3 Å². The second kappa shape index (κ2) is 5.25. The monoisotopic (exact) mass is 378 g/mol. The number of hydrogen-bond donors (Lipinski definition) is 0. The van der Waals surface area contributed by atoms with Crippen molar-refractivity contribution in [3.8, 4) is 0 Å². The highest BCUT2D eigenvalue weighted by Crippen LogP contribution is 2.52. The zero-order valence-corrected chi connectivity index (χ0v) is 12.1. The van der Waals surface area contributed by atoms with Gasteiger partial charge in [0.1, 0.15) is 10.5 Å². The van der Waals surface area contributed by atoms with Crippen LogP contribution in [-0.4, -0.2) is 50.9 Å². The summed E-state index contributed by atoms with van der Waals surface area (Å²) in [6.45, 7) is 0.674. The molecule has 0 aromatic heterocycles. The molecule has 0 bridgehead atoms. The van der Waals surface area contributed by atoms with Gasteiger partial charge in [0.05, 0.1) is 12.5 Å². The van der Waals surface area contributed by atoms with Crippen molar-refractivity contribution >= 4 is 25.6 Å². The standard InChI is InChI=1S/C8H8F6O6S2/c1-2-20-6(15)3-4(21(16,17)7(9,10)11)5(3)22(18,19)8(12,13)14/h3-5H,2H2,1H3. The van der Waals surface area contributed by atoms with Crippen molar-refractivity contribution in [1.82, 2.24) is 0 Å². The van der Waals surface area contributed by atoms with Crippen molar-refractivity contribution in [1.29, 1.82) is 0 Å². The highest BCUT2D eigenvalue weighted by atomic mass is 32.2. The molecule has 0 radical (unpaired) electrons. The predicted octanol–water partition coefficient (Wildman–Crippen LogP) is 0.786. The molecule has 1 aliphatic carbocycles. The first-order valence-electron chi connectivity index (χ1n) is 5.37. The molecule has 0 N–H and O–H groups in total. The summed E-state index contributed by atoms with van der Waals surface area (Å²) in [4.78, 5) is 11.3. The quantitative estimate of drug-likeness (QED) is 0.530. The molecule has 14 heteroatoms. The van der Waals surface area contributed by atoms with Gasteiger partial charge in [-0.3, -0.25) is 4.79 Å². The van der Waals surface area contributed by atoms with Crippen molar-refractivity contribution in [3.63, 3.8) is 0 Å². The van der Waals surface area contributed by atoms with Crippen LogP contribution < -0.4 is 0 Å². The van der Waals surface area contributed by atoms with E-state index in [2.05, 4.69) is 4.74 Å². The Kier molecular flexibility index (Phi) is 4.53. The molecule has 0 spiro atoms. The Balaban J connectivity index is 3.35. The first-order valence-corrected chi connectivity index (χ1v) is 8.47. The van der Waals surface area contributed by atoms with Crippen molar-refractivity contribution in [3.05, 3.63) is 0 Å². The molecule has 2 unspecified atom stereocenters. The van der Waals surface area contributed by atoms with Crippen LogP contribution in [0.15, 0.2) is 0 Å². The number of alkyl halides is 6. The van der Waals surface area contributed by atoms with Crippen molar-refractivity contribution in [2.24, 2.45) is 5.92 Å². The number of carbonyl (C=O) groups is 1. The molecule has 6 nitrogen and oxygen atoms in total. The van der Waals surface area contributed by atoms with E-state index in [1.54, 1.807) is 0 Å². The van der Waals surface area contributed by atoms with Gasteiger partial charge >= 0.3 is 17.0 Å². The second-order valence-electron chi connectivity index (χ2n) is 4.19. The zero-order valence-electron chi connectivity index (χ0n) is 10.5. The van der Waals surface area contributed by atoms with Crippen molar-refractivity contribution < 1.29 is 52.7 Å². The number of halogens is 6. The van der Waals surface area contributed by atoms with Crippen LogP contribution in [0.1, 0.15) is 6.92 Å². The van der Waals surface area contributed by atoms with Gasteiger partial charge in [0.25, 0.3) is 19.7 Å². The summed E-state index contributed by atoms with van der Waals surface area (Å²) in [7, 11) is -12.6.